The Hall–Kier alpha value is -7.01. The molecule has 0 N–H and O–H groups in total. The molecule has 0 fully saturated rings. The average Bonchev–Trinajstić information content (AvgIpc) is 3.65. The van der Waals surface area contributed by atoms with E-state index in [1.165, 1.54) is 69.2 Å². The van der Waals surface area contributed by atoms with E-state index < -0.39 is 0 Å². The zero-order chi connectivity index (χ0) is 36.3. The maximum atomic E-state index is 5.04. The minimum Gasteiger partial charge on any atom is -0.208 e. The molecule has 0 radical (unpaired) electrons. The molecule has 2 aromatic heterocycles. The highest BCUT2D eigenvalue weighted by atomic mass is 32.1. The molecule has 11 aromatic rings. The van der Waals surface area contributed by atoms with Gasteiger partial charge >= 0.3 is 0 Å². The number of hydrogen-bond acceptors (Lipinski definition) is 4. The van der Waals surface area contributed by atoms with Crippen LogP contribution in [0.25, 0.3) is 109 Å². The largest absolute Gasteiger partial charge is 0.208 e. The SMILES string of the molecule is c1ccc(-c2nc(-c3ccccc3)nc(-c3cccc(-c4cccc5c6ccccc6c6cc(-c7ccc8sc9ccccc9c8c7)ccc6c45)c3)n2)cc1. The molecule has 55 heavy (non-hydrogen) atoms. The van der Waals surface area contributed by atoms with Crippen LogP contribution in [-0.4, -0.2) is 15.0 Å². The van der Waals surface area contributed by atoms with Crippen LogP contribution in [0.4, 0.5) is 0 Å². The molecule has 256 valence electrons. The summed E-state index contributed by atoms with van der Waals surface area (Å²) in [7, 11) is 0. The highest BCUT2D eigenvalue weighted by molar-refractivity contribution is 7.25. The van der Waals surface area contributed by atoms with Gasteiger partial charge in [-0.15, -0.1) is 11.3 Å². The van der Waals surface area contributed by atoms with Crippen molar-refractivity contribution in [1.82, 2.24) is 15.0 Å². The van der Waals surface area contributed by atoms with Gasteiger partial charge in [-0.3, -0.25) is 0 Å². The van der Waals surface area contributed by atoms with Crippen molar-refractivity contribution in [2.75, 3.05) is 0 Å². The fourth-order valence-electron chi connectivity index (χ4n) is 8.09. The molecular weight excluding hydrogens is 687 g/mol. The zero-order valence-electron chi connectivity index (χ0n) is 29.6. The summed E-state index contributed by atoms with van der Waals surface area (Å²) in [6.07, 6.45) is 0. The molecule has 4 heteroatoms. The standard InChI is InChI=1S/C51H31N3S/c1-3-13-32(14-4-1)49-52-50(33-15-5-2-6-16-33)54-51(53-49)37-18-11-17-36(29-37)38-22-12-23-42-39-19-7-8-20-40(39)44-30-34(25-27-43(44)48(38)42)35-26-28-47-45(31-35)41-21-9-10-24-46(41)55-47/h1-31H. The number of benzene rings is 9. The van der Waals surface area contributed by atoms with E-state index in [1.807, 2.05) is 72.0 Å². The van der Waals surface area contributed by atoms with Crippen molar-refractivity contribution < 1.29 is 0 Å². The van der Waals surface area contributed by atoms with Gasteiger partial charge in [0.15, 0.2) is 17.5 Å². The molecule has 0 spiro atoms. The van der Waals surface area contributed by atoms with Crippen LogP contribution in [0, 0.1) is 0 Å². The molecule has 0 unspecified atom stereocenters. The molecule has 0 amide bonds. The monoisotopic (exact) mass is 717 g/mol. The van der Waals surface area contributed by atoms with E-state index in [9.17, 15) is 0 Å². The summed E-state index contributed by atoms with van der Waals surface area (Å²) in [5, 5.41) is 10.1. The third kappa shape index (κ3) is 5.38. The Balaban J connectivity index is 1.10. The Bertz CT molecular complexity index is 3200. The summed E-state index contributed by atoms with van der Waals surface area (Å²) >= 11 is 1.86. The first kappa shape index (κ1) is 31.5. The summed E-state index contributed by atoms with van der Waals surface area (Å²) in [5.41, 5.74) is 7.58. The molecule has 11 rings (SSSR count). The average molecular weight is 718 g/mol. The number of aromatic nitrogens is 3. The maximum absolute atomic E-state index is 5.04. The van der Waals surface area contributed by atoms with E-state index in [2.05, 4.69) is 127 Å². The molecule has 2 heterocycles. The first-order chi connectivity index (χ1) is 27.2. The predicted molar refractivity (Wildman–Crippen MR) is 232 cm³/mol. The minimum atomic E-state index is 0.644. The van der Waals surface area contributed by atoms with Crippen LogP contribution >= 0.6 is 11.3 Å². The van der Waals surface area contributed by atoms with Crippen LogP contribution in [0.2, 0.25) is 0 Å². The first-order valence-electron chi connectivity index (χ1n) is 18.5. The number of thiophene rings is 1. The fraction of sp³-hybridized carbons (Fsp3) is 0. The van der Waals surface area contributed by atoms with Crippen molar-refractivity contribution in [3.63, 3.8) is 0 Å². The van der Waals surface area contributed by atoms with Crippen molar-refractivity contribution in [2.24, 2.45) is 0 Å². The Labute approximate surface area is 321 Å². The number of rotatable bonds is 5. The van der Waals surface area contributed by atoms with Crippen LogP contribution < -0.4 is 0 Å². The van der Waals surface area contributed by atoms with Crippen molar-refractivity contribution in [2.45, 2.75) is 0 Å². The van der Waals surface area contributed by atoms with E-state index in [0.29, 0.717) is 17.5 Å². The van der Waals surface area contributed by atoms with E-state index in [0.717, 1.165) is 22.3 Å². The summed E-state index contributed by atoms with van der Waals surface area (Å²) < 4.78 is 2.64. The summed E-state index contributed by atoms with van der Waals surface area (Å²) in [6, 6.07) is 67.1. The maximum Gasteiger partial charge on any atom is 0.164 e. The van der Waals surface area contributed by atoms with E-state index >= 15 is 0 Å². The van der Waals surface area contributed by atoms with Crippen LogP contribution in [0.15, 0.2) is 188 Å². The Morgan fingerprint density at radius 2 is 0.764 bits per heavy atom. The lowest BCUT2D eigenvalue weighted by Gasteiger charge is -2.16. The Kier molecular flexibility index (Phi) is 7.35. The Morgan fingerprint density at radius 3 is 1.49 bits per heavy atom. The Morgan fingerprint density at radius 1 is 0.273 bits per heavy atom. The smallest absolute Gasteiger partial charge is 0.164 e. The molecule has 3 nitrogen and oxygen atoms in total. The van der Waals surface area contributed by atoms with Crippen molar-refractivity contribution >= 4 is 63.8 Å². The second kappa shape index (κ2) is 12.8. The summed E-state index contributed by atoms with van der Waals surface area (Å²) in [5.74, 6) is 1.95. The molecule has 0 atom stereocenters. The highest BCUT2D eigenvalue weighted by Gasteiger charge is 2.17. The van der Waals surface area contributed by atoms with E-state index in [-0.39, 0.29) is 0 Å². The van der Waals surface area contributed by atoms with Gasteiger partial charge in [0, 0.05) is 36.9 Å². The minimum absolute atomic E-state index is 0.644. The lowest BCUT2D eigenvalue weighted by Crippen LogP contribution is -2.00. The molecular formula is C51H31N3S. The van der Waals surface area contributed by atoms with Gasteiger partial charge in [0.2, 0.25) is 0 Å². The number of nitrogens with zero attached hydrogens (tertiary/aromatic N) is 3. The topological polar surface area (TPSA) is 38.7 Å². The zero-order valence-corrected chi connectivity index (χ0v) is 30.5. The second-order valence-corrected chi connectivity index (χ2v) is 15.0. The van der Waals surface area contributed by atoms with Gasteiger partial charge in [-0.25, -0.2) is 15.0 Å². The molecule has 0 aliphatic rings. The van der Waals surface area contributed by atoms with Gasteiger partial charge in [0.1, 0.15) is 0 Å². The lowest BCUT2D eigenvalue weighted by atomic mass is 9.88. The summed E-state index contributed by atoms with van der Waals surface area (Å²) in [6.45, 7) is 0. The van der Waals surface area contributed by atoms with Crippen molar-refractivity contribution in [1.29, 1.82) is 0 Å². The molecule has 0 bridgehead atoms. The van der Waals surface area contributed by atoms with Crippen LogP contribution in [0.5, 0.6) is 0 Å². The highest BCUT2D eigenvalue weighted by Crippen LogP contribution is 2.43. The second-order valence-electron chi connectivity index (χ2n) is 14.0. The van der Waals surface area contributed by atoms with Gasteiger partial charge in [-0.2, -0.15) is 0 Å². The van der Waals surface area contributed by atoms with E-state index in [1.54, 1.807) is 0 Å². The number of hydrogen-bond donors (Lipinski definition) is 0. The first-order valence-corrected chi connectivity index (χ1v) is 19.3. The van der Waals surface area contributed by atoms with Crippen LogP contribution in [0.1, 0.15) is 0 Å². The fourth-order valence-corrected chi connectivity index (χ4v) is 9.18. The van der Waals surface area contributed by atoms with E-state index in [4.69, 9.17) is 15.0 Å². The van der Waals surface area contributed by atoms with Crippen molar-refractivity contribution in [3.05, 3.63) is 188 Å². The summed E-state index contributed by atoms with van der Waals surface area (Å²) in [4.78, 5) is 15.0. The van der Waals surface area contributed by atoms with Crippen LogP contribution in [-0.2, 0) is 0 Å². The molecule has 0 saturated heterocycles. The lowest BCUT2D eigenvalue weighted by molar-refractivity contribution is 1.07. The number of fused-ring (bicyclic) bond motifs is 9. The van der Waals surface area contributed by atoms with Gasteiger partial charge in [0.25, 0.3) is 0 Å². The predicted octanol–water partition coefficient (Wildman–Crippen LogP) is 14.0. The van der Waals surface area contributed by atoms with Gasteiger partial charge in [0.05, 0.1) is 0 Å². The van der Waals surface area contributed by atoms with Gasteiger partial charge in [-0.1, -0.05) is 158 Å². The van der Waals surface area contributed by atoms with Crippen molar-refractivity contribution in [3.8, 4) is 56.4 Å². The van der Waals surface area contributed by atoms with Gasteiger partial charge < -0.3 is 0 Å². The third-order valence-electron chi connectivity index (χ3n) is 10.7. The van der Waals surface area contributed by atoms with Gasteiger partial charge in [-0.05, 0) is 84.9 Å². The molecule has 0 aliphatic carbocycles. The third-order valence-corrected chi connectivity index (χ3v) is 11.9. The quantitative estimate of drug-likeness (QED) is 0.166. The molecule has 0 aliphatic heterocycles. The normalized spacial score (nSPS) is 11.6. The van der Waals surface area contributed by atoms with Crippen LogP contribution in [0.3, 0.4) is 0 Å². The molecule has 9 aromatic carbocycles. The molecule has 0 saturated carbocycles.